The molecule has 2 N–H and O–H groups in total. The first-order valence-electron chi connectivity index (χ1n) is 6.39. The Hall–Kier alpha value is -1.35. The van der Waals surface area contributed by atoms with E-state index in [4.69, 9.17) is 0 Å². The third kappa shape index (κ3) is 4.88. The van der Waals surface area contributed by atoms with Crippen LogP contribution in [0.1, 0.15) is 38.8 Å². The number of hydrogen-bond donors (Lipinski definition) is 2. The fraction of sp³-hybridized carbons (Fsp3) is 0.533. The Morgan fingerprint density at radius 2 is 1.89 bits per heavy atom. The summed E-state index contributed by atoms with van der Waals surface area (Å²) in [6.45, 7) is 10.6. The molecule has 100 valence electrons. The molecule has 0 aliphatic rings. The summed E-state index contributed by atoms with van der Waals surface area (Å²) >= 11 is 0. The number of amides is 1. The van der Waals surface area contributed by atoms with E-state index in [0.29, 0.717) is 6.54 Å². The number of rotatable bonds is 4. The standard InChI is InChI=1S/C15H24N2O/c1-11-8-6-7-9-13(11)10-16-12(2)14(18)17-15(3,4)5/h6-9,12,16H,10H2,1-5H3,(H,17,18). The number of nitrogens with one attached hydrogen (secondary N) is 2. The Kier molecular flexibility index (Phi) is 4.91. The van der Waals surface area contributed by atoms with Gasteiger partial charge in [-0.2, -0.15) is 0 Å². The minimum atomic E-state index is -0.191. The number of carbonyl (C=O) groups excluding carboxylic acids is 1. The van der Waals surface area contributed by atoms with Crippen LogP contribution >= 0.6 is 0 Å². The predicted molar refractivity (Wildman–Crippen MR) is 75.4 cm³/mol. The van der Waals surface area contributed by atoms with Crippen LogP contribution in [-0.4, -0.2) is 17.5 Å². The van der Waals surface area contributed by atoms with E-state index < -0.39 is 0 Å². The lowest BCUT2D eigenvalue weighted by Gasteiger charge is -2.23. The highest BCUT2D eigenvalue weighted by atomic mass is 16.2. The summed E-state index contributed by atoms with van der Waals surface area (Å²) in [7, 11) is 0. The zero-order valence-electron chi connectivity index (χ0n) is 12.0. The molecule has 1 unspecified atom stereocenters. The van der Waals surface area contributed by atoms with Crippen molar-refractivity contribution in [1.82, 2.24) is 10.6 Å². The molecule has 1 amide bonds. The second kappa shape index (κ2) is 6.01. The summed E-state index contributed by atoms with van der Waals surface area (Å²) in [5, 5.41) is 6.22. The smallest absolute Gasteiger partial charge is 0.237 e. The van der Waals surface area contributed by atoms with Crippen LogP contribution in [0.5, 0.6) is 0 Å². The van der Waals surface area contributed by atoms with E-state index in [-0.39, 0.29) is 17.5 Å². The zero-order chi connectivity index (χ0) is 13.8. The molecular weight excluding hydrogens is 224 g/mol. The highest BCUT2D eigenvalue weighted by Gasteiger charge is 2.18. The molecule has 1 atom stereocenters. The van der Waals surface area contributed by atoms with Gasteiger partial charge in [0.15, 0.2) is 0 Å². The predicted octanol–water partition coefficient (Wildman–Crippen LogP) is 2.39. The molecule has 3 heteroatoms. The highest BCUT2D eigenvalue weighted by Crippen LogP contribution is 2.07. The normalized spacial score (nSPS) is 13.2. The van der Waals surface area contributed by atoms with Gasteiger partial charge in [-0.3, -0.25) is 4.79 Å². The highest BCUT2D eigenvalue weighted by molar-refractivity contribution is 5.81. The van der Waals surface area contributed by atoms with E-state index in [1.807, 2.05) is 39.8 Å². The Labute approximate surface area is 110 Å². The van der Waals surface area contributed by atoms with Gasteiger partial charge in [0.25, 0.3) is 0 Å². The van der Waals surface area contributed by atoms with Crippen LogP contribution in [0.25, 0.3) is 0 Å². The van der Waals surface area contributed by atoms with Gasteiger partial charge in [-0.05, 0) is 45.7 Å². The van der Waals surface area contributed by atoms with Gasteiger partial charge >= 0.3 is 0 Å². The molecule has 0 bridgehead atoms. The van der Waals surface area contributed by atoms with Gasteiger partial charge < -0.3 is 10.6 Å². The lowest BCUT2D eigenvalue weighted by Crippen LogP contribution is -2.49. The quantitative estimate of drug-likeness (QED) is 0.859. The van der Waals surface area contributed by atoms with Crippen LogP contribution in [-0.2, 0) is 11.3 Å². The molecule has 0 aliphatic carbocycles. The van der Waals surface area contributed by atoms with Crippen LogP contribution < -0.4 is 10.6 Å². The largest absolute Gasteiger partial charge is 0.350 e. The molecule has 0 spiro atoms. The molecule has 1 aromatic rings. The summed E-state index contributed by atoms with van der Waals surface area (Å²) in [5.41, 5.74) is 2.29. The topological polar surface area (TPSA) is 41.1 Å². The Balaban J connectivity index is 2.49. The maximum absolute atomic E-state index is 11.9. The van der Waals surface area contributed by atoms with E-state index >= 15 is 0 Å². The second-order valence-electron chi connectivity index (χ2n) is 5.77. The molecule has 0 aromatic heterocycles. The van der Waals surface area contributed by atoms with Crippen molar-refractivity contribution in [3.05, 3.63) is 35.4 Å². The molecular formula is C15H24N2O. The number of aryl methyl sites for hydroxylation is 1. The summed E-state index contributed by atoms with van der Waals surface area (Å²) in [6.07, 6.45) is 0. The SMILES string of the molecule is Cc1ccccc1CNC(C)C(=O)NC(C)(C)C. The average Bonchev–Trinajstić information content (AvgIpc) is 2.25. The van der Waals surface area contributed by atoms with Gasteiger partial charge in [-0.15, -0.1) is 0 Å². The van der Waals surface area contributed by atoms with Gasteiger partial charge in [0, 0.05) is 12.1 Å². The molecule has 3 nitrogen and oxygen atoms in total. The maximum atomic E-state index is 11.9. The van der Waals surface area contributed by atoms with E-state index in [0.717, 1.165) is 0 Å². The van der Waals surface area contributed by atoms with Crippen molar-refractivity contribution in [2.75, 3.05) is 0 Å². The molecule has 0 saturated carbocycles. The molecule has 0 fully saturated rings. The van der Waals surface area contributed by atoms with Crippen molar-refractivity contribution in [3.63, 3.8) is 0 Å². The van der Waals surface area contributed by atoms with Crippen LogP contribution in [0.15, 0.2) is 24.3 Å². The summed E-state index contributed by atoms with van der Waals surface area (Å²) in [5.74, 6) is 0.0380. The first-order valence-corrected chi connectivity index (χ1v) is 6.39. The molecule has 18 heavy (non-hydrogen) atoms. The number of hydrogen-bond acceptors (Lipinski definition) is 2. The number of carbonyl (C=O) groups is 1. The number of benzene rings is 1. The van der Waals surface area contributed by atoms with Gasteiger partial charge in [-0.25, -0.2) is 0 Å². The summed E-state index contributed by atoms with van der Waals surface area (Å²) in [6, 6.07) is 8.01. The molecule has 0 saturated heterocycles. The van der Waals surface area contributed by atoms with Crippen LogP contribution in [0.3, 0.4) is 0 Å². The second-order valence-corrected chi connectivity index (χ2v) is 5.77. The van der Waals surface area contributed by atoms with Crippen molar-refractivity contribution >= 4 is 5.91 Å². The minimum Gasteiger partial charge on any atom is -0.350 e. The van der Waals surface area contributed by atoms with Crippen LogP contribution in [0.2, 0.25) is 0 Å². The van der Waals surface area contributed by atoms with Gasteiger partial charge in [0.05, 0.1) is 6.04 Å². The summed E-state index contributed by atoms with van der Waals surface area (Å²) < 4.78 is 0. The lowest BCUT2D eigenvalue weighted by atomic mass is 10.1. The molecule has 1 aromatic carbocycles. The van der Waals surface area contributed by atoms with Gasteiger partial charge in [0.2, 0.25) is 5.91 Å². The lowest BCUT2D eigenvalue weighted by molar-refractivity contribution is -0.124. The van der Waals surface area contributed by atoms with Crippen molar-refractivity contribution < 1.29 is 4.79 Å². The van der Waals surface area contributed by atoms with E-state index in [2.05, 4.69) is 29.7 Å². The minimum absolute atomic E-state index is 0.0380. The first-order chi connectivity index (χ1) is 8.29. The molecule has 0 radical (unpaired) electrons. The van der Waals surface area contributed by atoms with Crippen molar-refractivity contribution in [1.29, 1.82) is 0 Å². The van der Waals surface area contributed by atoms with Crippen molar-refractivity contribution in [3.8, 4) is 0 Å². The average molecular weight is 248 g/mol. The first kappa shape index (κ1) is 14.7. The van der Waals surface area contributed by atoms with E-state index in [9.17, 15) is 4.79 Å². The van der Waals surface area contributed by atoms with Crippen molar-refractivity contribution in [2.24, 2.45) is 0 Å². The molecule has 1 rings (SSSR count). The Bertz CT molecular complexity index is 407. The monoisotopic (exact) mass is 248 g/mol. The van der Waals surface area contributed by atoms with E-state index in [1.165, 1.54) is 11.1 Å². The fourth-order valence-corrected chi connectivity index (χ4v) is 1.64. The fourth-order valence-electron chi connectivity index (χ4n) is 1.64. The molecule has 0 aliphatic heterocycles. The van der Waals surface area contributed by atoms with Gasteiger partial charge in [0.1, 0.15) is 0 Å². The maximum Gasteiger partial charge on any atom is 0.237 e. The molecule has 0 heterocycles. The Morgan fingerprint density at radius 3 is 2.44 bits per heavy atom. The van der Waals surface area contributed by atoms with Gasteiger partial charge in [-0.1, -0.05) is 24.3 Å². The third-order valence-electron chi connectivity index (χ3n) is 2.75. The third-order valence-corrected chi connectivity index (χ3v) is 2.75. The van der Waals surface area contributed by atoms with Crippen molar-refractivity contribution in [2.45, 2.75) is 52.7 Å². The van der Waals surface area contributed by atoms with Crippen LogP contribution in [0, 0.1) is 6.92 Å². The van der Waals surface area contributed by atoms with Crippen LogP contribution in [0.4, 0.5) is 0 Å². The van der Waals surface area contributed by atoms with E-state index in [1.54, 1.807) is 0 Å². The Morgan fingerprint density at radius 1 is 1.28 bits per heavy atom. The zero-order valence-corrected chi connectivity index (χ0v) is 12.0. The summed E-state index contributed by atoms with van der Waals surface area (Å²) in [4.78, 5) is 11.9.